The molecule has 0 aromatic heterocycles. The van der Waals surface area contributed by atoms with Gasteiger partial charge in [-0.3, -0.25) is 4.90 Å². The van der Waals surface area contributed by atoms with Gasteiger partial charge in [0.1, 0.15) is 11.9 Å². The van der Waals surface area contributed by atoms with Crippen molar-refractivity contribution >= 4 is 17.6 Å². The summed E-state index contributed by atoms with van der Waals surface area (Å²) in [7, 11) is 0. The molecule has 1 atom stereocenters. The van der Waals surface area contributed by atoms with Gasteiger partial charge in [-0.2, -0.15) is 0 Å². The second kappa shape index (κ2) is 8.85. The van der Waals surface area contributed by atoms with E-state index in [1.54, 1.807) is 17.0 Å². The van der Waals surface area contributed by atoms with E-state index in [1.807, 2.05) is 83.8 Å². The summed E-state index contributed by atoms with van der Waals surface area (Å²) >= 11 is 0. The van der Waals surface area contributed by atoms with Crippen molar-refractivity contribution in [2.45, 2.75) is 12.7 Å². The maximum absolute atomic E-state index is 12.3. The number of para-hydroxylation sites is 1. The number of carboxylic acid groups (broad SMARTS) is 2. The number of hydrogen-bond acceptors (Lipinski definition) is 4. The molecule has 156 valence electrons. The van der Waals surface area contributed by atoms with Crippen molar-refractivity contribution in [3.63, 3.8) is 0 Å². The Bertz CT molecular complexity index is 1100. The summed E-state index contributed by atoms with van der Waals surface area (Å²) in [6.45, 7) is 0.474. The first-order valence-electron chi connectivity index (χ1n) is 9.93. The van der Waals surface area contributed by atoms with E-state index in [0.717, 1.165) is 11.1 Å². The Hall–Kier alpha value is -3.90. The first-order valence-corrected chi connectivity index (χ1v) is 9.93. The SMILES string of the molecule is O=C(O)C1=C(C(=O)O)N(c2ccccc2)C(c2ccccc2)N(Cc2ccccc2)C1. The van der Waals surface area contributed by atoms with E-state index in [-0.39, 0.29) is 17.8 Å². The van der Waals surface area contributed by atoms with Gasteiger partial charge in [0.2, 0.25) is 0 Å². The third-order valence-corrected chi connectivity index (χ3v) is 5.30. The molecule has 31 heavy (non-hydrogen) atoms. The third-order valence-electron chi connectivity index (χ3n) is 5.30. The highest BCUT2D eigenvalue weighted by atomic mass is 16.4. The number of benzene rings is 3. The molecule has 0 amide bonds. The Morgan fingerprint density at radius 3 is 1.87 bits per heavy atom. The summed E-state index contributed by atoms with van der Waals surface area (Å²) in [5.41, 5.74) is 2.16. The molecule has 0 aliphatic carbocycles. The fraction of sp³-hybridized carbons (Fsp3) is 0.120. The van der Waals surface area contributed by atoms with Crippen molar-refractivity contribution in [3.8, 4) is 0 Å². The standard InChI is InChI=1S/C25H22N2O4/c28-24(29)21-17-26(16-18-10-4-1-5-11-18)23(19-12-6-2-7-13-19)27(22(21)25(30)31)20-14-8-3-9-15-20/h1-15,23H,16-17H2,(H,28,29)(H,30,31). The quantitative estimate of drug-likeness (QED) is 0.631. The molecule has 3 aromatic carbocycles. The molecule has 4 rings (SSSR count). The zero-order valence-electron chi connectivity index (χ0n) is 16.8. The van der Waals surface area contributed by atoms with Crippen LogP contribution >= 0.6 is 0 Å². The van der Waals surface area contributed by atoms with Crippen molar-refractivity contribution < 1.29 is 19.8 Å². The van der Waals surface area contributed by atoms with Gasteiger partial charge in [0.25, 0.3) is 0 Å². The van der Waals surface area contributed by atoms with Gasteiger partial charge in [0.15, 0.2) is 0 Å². The fourth-order valence-electron chi connectivity index (χ4n) is 4.00. The van der Waals surface area contributed by atoms with Gasteiger partial charge in [0, 0.05) is 18.8 Å². The molecular weight excluding hydrogens is 392 g/mol. The average Bonchev–Trinajstić information content (AvgIpc) is 2.80. The van der Waals surface area contributed by atoms with Crippen LogP contribution in [-0.4, -0.2) is 33.6 Å². The summed E-state index contributed by atoms with van der Waals surface area (Å²) in [5.74, 6) is -2.50. The van der Waals surface area contributed by atoms with E-state index < -0.39 is 18.1 Å². The molecule has 1 unspecified atom stereocenters. The van der Waals surface area contributed by atoms with Gasteiger partial charge in [-0.05, 0) is 23.3 Å². The number of anilines is 1. The second-order valence-electron chi connectivity index (χ2n) is 7.32. The van der Waals surface area contributed by atoms with Gasteiger partial charge < -0.3 is 15.1 Å². The predicted octanol–water partition coefficient (Wildman–Crippen LogP) is 4.13. The van der Waals surface area contributed by atoms with Crippen LogP contribution in [0.3, 0.4) is 0 Å². The highest BCUT2D eigenvalue weighted by Crippen LogP contribution is 2.39. The number of nitrogens with zero attached hydrogens (tertiary/aromatic N) is 2. The van der Waals surface area contributed by atoms with Crippen LogP contribution in [0.15, 0.2) is 102 Å². The first-order chi connectivity index (χ1) is 15.1. The number of aliphatic carboxylic acids is 2. The normalized spacial score (nSPS) is 16.9. The molecule has 3 aromatic rings. The Labute approximate surface area is 180 Å². The van der Waals surface area contributed by atoms with Crippen LogP contribution in [0.2, 0.25) is 0 Å². The van der Waals surface area contributed by atoms with E-state index in [2.05, 4.69) is 0 Å². The lowest BCUT2D eigenvalue weighted by molar-refractivity contribution is -0.137. The third kappa shape index (κ3) is 4.20. The molecule has 1 aliphatic rings. The minimum atomic E-state index is -1.26. The topological polar surface area (TPSA) is 81.1 Å². The molecule has 1 aliphatic heterocycles. The van der Waals surface area contributed by atoms with E-state index in [1.165, 1.54) is 0 Å². The van der Waals surface area contributed by atoms with Crippen LogP contribution < -0.4 is 4.90 Å². The largest absolute Gasteiger partial charge is 0.478 e. The molecule has 0 saturated carbocycles. The monoisotopic (exact) mass is 414 g/mol. The van der Waals surface area contributed by atoms with Crippen LogP contribution in [0.1, 0.15) is 17.3 Å². The molecule has 1 heterocycles. The lowest BCUT2D eigenvalue weighted by Gasteiger charge is -2.45. The number of hydrogen-bond donors (Lipinski definition) is 2. The summed E-state index contributed by atoms with van der Waals surface area (Å²) in [4.78, 5) is 28.0. The lowest BCUT2D eigenvalue weighted by atomic mass is 10.00. The molecule has 0 radical (unpaired) electrons. The van der Waals surface area contributed by atoms with Gasteiger partial charge in [-0.1, -0.05) is 78.9 Å². The average molecular weight is 414 g/mol. The van der Waals surface area contributed by atoms with Crippen LogP contribution in [0, 0.1) is 0 Å². The molecule has 0 bridgehead atoms. The minimum Gasteiger partial charge on any atom is -0.478 e. The van der Waals surface area contributed by atoms with Crippen molar-refractivity contribution in [1.82, 2.24) is 4.90 Å². The maximum Gasteiger partial charge on any atom is 0.353 e. The number of carboxylic acids is 2. The lowest BCUT2D eigenvalue weighted by Crippen LogP contribution is -2.49. The molecule has 0 saturated heterocycles. The summed E-state index contributed by atoms with van der Waals surface area (Å²) in [6.07, 6.45) is -0.488. The van der Waals surface area contributed by atoms with Crippen LogP contribution in [-0.2, 0) is 16.1 Å². The van der Waals surface area contributed by atoms with Crippen molar-refractivity contribution in [2.75, 3.05) is 11.4 Å². The zero-order chi connectivity index (χ0) is 21.8. The first kappa shape index (κ1) is 20.4. The van der Waals surface area contributed by atoms with Gasteiger partial charge in [-0.15, -0.1) is 0 Å². The maximum atomic E-state index is 12.3. The number of rotatable bonds is 6. The predicted molar refractivity (Wildman–Crippen MR) is 117 cm³/mol. The molecular formula is C25H22N2O4. The second-order valence-corrected chi connectivity index (χ2v) is 7.32. The van der Waals surface area contributed by atoms with Crippen LogP contribution in [0.5, 0.6) is 0 Å². The molecule has 0 spiro atoms. The van der Waals surface area contributed by atoms with E-state index in [4.69, 9.17) is 0 Å². The Morgan fingerprint density at radius 1 is 0.774 bits per heavy atom. The van der Waals surface area contributed by atoms with E-state index in [0.29, 0.717) is 12.2 Å². The van der Waals surface area contributed by atoms with Crippen LogP contribution in [0.25, 0.3) is 0 Å². The molecule has 0 fully saturated rings. The Morgan fingerprint density at radius 2 is 1.32 bits per heavy atom. The van der Waals surface area contributed by atoms with Crippen LogP contribution in [0.4, 0.5) is 5.69 Å². The summed E-state index contributed by atoms with van der Waals surface area (Å²) in [5, 5.41) is 19.9. The smallest absolute Gasteiger partial charge is 0.353 e. The molecule has 6 nitrogen and oxygen atoms in total. The Balaban J connectivity index is 1.93. The van der Waals surface area contributed by atoms with Crippen molar-refractivity contribution in [1.29, 1.82) is 0 Å². The van der Waals surface area contributed by atoms with Crippen molar-refractivity contribution in [3.05, 3.63) is 113 Å². The highest BCUT2D eigenvalue weighted by Gasteiger charge is 2.41. The van der Waals surface area contributed by atoms with Gasteiger partial charge in [0.05, 0.1) is 5.57 Å². The van der Waals surface area contributed by atoms with E-state index >= 15 is 0 Å². The van der Waals surface area contributed by atoms with Crippen molar-refractivity contribution in [2.24, 2.45) is 0 Å². The van der Waals surface area contributed by atoms with Gasteiger partial charge >= 0.3 is 11.9 Å². The Kier molecular flexibility index (Phi) is 5.82. The number of carbonyl (C=O) groups is 2. The molecule has 6 heteroatoms. The molecule has 2 N–H and O–H groups in total. The fourth-order valence-corrected chi connectivity index (χ4v) is 4.00. The van der Waals surface area contributed by atoms with Gasteiger partial charge in [-0.25, -0.2) is 9.59 Å². The summed E-state index contributed by atoms with van der Waals surface area (Å²) < 4.78 is 0. The zero-order valence-corrected chi connectivity index (χ0v) is 16.8. The van der Waals surface area contributed by atoms with E-state index in [9.17, 15) is 19.8 Å². The minimum absolute atomic E-state index is 0.00869. The summed E-state index contributed by atoms with van der Waals surface area (Å²) in [6, 6.07) is 28.4. The highest BCUT2D eigenvalue weighted by molar-refractivity contribution is 6.02.